The number of hydrogen-bond acceptors (Lipinski definition) is 1. The Balaban J connectivity index is 2.46. The van der Waals surface area contributed by atoms with Crippen molar-refractivity contribution in [3.8, 4) is 0 Å². The van der Waals surface area contributed by atoms with E-state index in [0.717, 1.165) is 5.56 Å². The third-order valence-corrected chi connectivity index (χ3v) is 2.72. The lowest BCUT2D eigenvalue weighted by Crippen LogP contribution is -2.03. The van der Waals surface area contributed by atoms with Crippen molar-refractivity contribution in [2.45, 2.75) is 6.92 Å². The highest BCUT2D eigenvalue weighted by molar-refractivity contribution is 6.31. The van der Waals surface area contributed by atoms with Crippen LogP contribution in [0.3, 0.4) is 0 Å². The fraction of sp³-hybridized carbons (Fsp3) is 0.0714. The van der Waals surface area contributed by atoms with Gasteiger partial charge in [-0.25, -0.2) is 0 Å². The van der Waals surface area contributed by atoms with E-state index >= 15 is 0 Å². The number of carbonyl (C=O) groups is 1. The van der Waals surface area contributed by atoms with E-state index < -0.39 is 0 Å². The average molecular weight is 231 g/mol. The Morgan fingerprint density at radius 2 is 1.75 bits per heavy atom. The number of halogens is 1. The first-order valence-electron chi connectivity index (χ1n) is 5.04. The summed E-state index contributed by atoms with van der Waals surface area (Å²) in [4.78, 5) is 12.2. The zero-order valence-electron chi connectivity index (χ0n) is 8.91. The van der Waals surface area contributed by atoms with Crippen molar-refractivity contribution in [3.63, 3.8) is 0 Å². The summed E-state index contributed by atoms with van der Waals surface area (Å²) >= 11 is 5.90. The molecule has 0 spiro atoms. The zero-order chi connectivity index (χ0) is 11.5. The van der Waals surface area contributed by atoms with Crippen LogP contribution in [0.4, 0.5) is 0 Å². The zero-order valence-corrected chi connectivity index (χ0v) is 9.66. The Hall–Kier alpha value is -1.60. The number of carbonyl (C=O) groups excluding carboxylic acids is 1. The van der Waals surface area contributed by atoms with E-state index in [-0.39, 0.29) is 5.78 Å². The van der Waals surface area contributed by atoms with Gasteiger partial charge in [0.05, 0.1) is 0 Å². The van der Waals surface area contributed by atoms with Crippen LogP contribution < -0.4 is 0 Å². The van der Waals surface area contributed by atoms with Crippen LogP contribution in [-0.2, 0) is 0 Å². The van der Waals surface area contributed by atoms with Gasteiger partial charge >= 0.3 is 0 Å². The molecule has 0 atom stereocenters. The monoisotopic (exact) mass is 230 g/mol. The minimum atomic E-state index is 0.0144. The molecule has 0 saturated carbocycles. The molecule has 2 aromatic rings. The molecule has 0 unspecified atom stereocenters. The smallest absolute Gasteiger partial charge is 0.193 e. The summed E-state index contributed by atoms with van der Waals surface area (Å²) in [6.07, 6.45) is 0. The molecule has 16 heavy (non-hydrogen) atoms. The summed E-state index contributed by atoms with van der Waals surface area (Å²) in [5.41, 5.74) is 2.30. The number of benzene rings is 2. The Morgan fingerprint density at radius 3 is 2.44 bits per heavy atom. The van der Waals surface area contributed by atoms with Crippen molar-refractivity contribution in [2.24, 2.45) is 0 Å². The first-order valence-corrected chi connectivity index (χ1v) is 5.42. The van der Waals surface area contributed by atoms with Gasteiger partial charge in [-0.3, -0.25) is 4.79 Å². The summed E-state index contributed by atoms with van der Waals surface area (Å²) in [7, 11) is 0. The molecule has 0 N–H and O–H groups in total. The van der Waals surface area contributed by atoms with Gasteiger partial charge in [0.1, 0.15) is 0 Å². The van der Waals surface area contributed by atoms with Crippen LogP contribution in [0, 0.1) is 6.92 Å². The van der Waals surface area contributed by atoms with Gasteiger partial charge < -0.3 is 0 Å². The molecule has 0 aliphatic rings. The molecule has 0 heterocycles. The van der Waals surface area contributed by atoms with Crippen molar-refractivity contribution >= 4 is 17.4 Å². The summed E-state index contributed by atoms with van der Waals surface area (Å²) in [5, 5.41) is 0.588. The lowest BCUT2D eigenvalue weighted by Gasteiger charge is -2.05. The van der Waals surface area contributed by atoms with Gasteiger partial charge in [-0.05, 0) is 24.6 Å². The minimum absolute atomic E-state index is 0.0144. The third-order valence-electron chi connectivity index (χ3n) is 2.48. The predicted octanol–water partition coefficient (Wildman–Crippen LogP) is 3.88. The Kier molecular flexibility index (Phi) is 3.07. The van der Waals surface area contributed by atoms with Gasteiger partial charge in [-0.2, -0.15) is 0 Å². The maximum atomic E-state index is 12.2. The summed E-state index contributed by atoms with van der Waals surface area (Å²) < 4.78 is 0. The quantitative estimate of drug-likeness (QED) is 0.716. The fourth-order valence-corrected chi connectivity index (χ4v) is 1.76. The maximum absolute atomic E-state index is 12.2. The largest absolute Gasteiger partial charge is 0.289 e. The van der Waals surface area contributed by atoms with Gasteiger partial charge in [-0.15, -0.1) is 0 Å². The first-order chi connectivity index (χ1) is 7.68. The summed E-state index contributed by atoms with van der Waals surface area (Å²) in [6.45, 7) is 1.91. The molecule has 2 aromatic carbocycles. The molecule has 0 fully saturated rings. The highest BCUT2D eigenvalue weighted by Crippen LogP contribution is 2.18. The molecular formula is C14H11ClO. The lowest BCUT2D eigenvalue weighted by atomic mass is 9.99. The van der Waals surface area contributed by atoms with E-state index in [0.29, 0.717) is 16.1 Å². The summed E-state index contributed by atoms with van der Waals surface area (Å²) in [6, 6.07) is 14.6. The fourth-order valence-electron chi connectivity index (χ4n) is 1.58. The van der Waals surface area contributed by atoms with Crippen LogP contribution in [0.25, 0.3) is 0 Å². The first kappa shape index (κ1) is 10.9. The summed E-state index contributed by atoms with van der Waals surface area (Å²) in [5.74, 6) is 0.0144. The second kappa shape index (κ2) is 4.50. The van der Waals surface area contributed by atoms with Gasteiger partial charge in [0, 0.05) is 16.1 Å². The molecule has 0 aliphatic carbocycles. The number of rotatable bonds is 2. The maximum Gasteiger partial charge on any atom is 0.193 e. The van der Waals surface area contributed by atoms with Gasteiger partial charge in [0.15, 0.2) is 5.78 Å². The van der Waals surface area contributed by atoms with Crippen LogP contribution in [0.1, 0.15) is 21.5 Å². The minimum Gasteiger partial charge on any atom is -0.289 e. The molecule has 0 saturated heterocycles. The van der Waals surface area contributed by atoms with E-state index in [1.54, 1.807) is 12.1 Å². The molecule has 0 aromatic heterocycles. The number of ketones is 1. The molecule has 80 valence electrons. The average Bonchev–Trinajstić information content (AvgIpc) is 2.32. The molecular weight excluding hydrogens is 220 g/mol. The predicted molar refractivity (Wildman–Crippen MR) is 66.1 cm³/mol. The van der Waals surface area contributed by atoms with Gasteiger partial charge in [0.25, 0.3) is 0 Å². The van der Waals surface area contributed by atoms with Crippen molar-refractivity contribution in [3.05, 3.63) is 70.2 Å². The molecule has 2 heteroatoms. The van der Waals surface area contributed by atoms with Crippen molar-refractivity contribution in [1.82, 2.24) is 0 Å². The SMILES string of the molecule is Cc1ccc(Cl)cc1C(=O)c1ccccc1. The third kappa shape index (κ3) is 2.15. The highest BCUT2D eigenvalue weighted by atomic mass is 35.5. The van der Waals surface area contributed by atoms with Crippen LogP contribution in [0.5, 0.6) is 0 Å². The van der Waals surface area contributed by atoms with Gasteiger partial charge in [-0.1, -0.05) is 48.0 Å². The molecule has 0 radical (unpaired) electrons. The van der Waals surface area contributed by atoms with E-state index in [9.17, 15) is 4.79 Å². The van der Waals surface area contributed by atoms with E-state index in [4.69, 9.17) is 11.6 Å². The van der Waals surface area contributed by atoms with Crippen LogP contribution in [-0.4, -0.2) is 5.78 Å². The standard InChI is InChI=1S/C14H11ClO/c1-10-7-8-12(15)9-13(10)14(16)11-5-3-2-4-6-11/h2-9H,1H3. The Labute approximate surface area is 99.7 Å². The van der Waals surface area contributed by atoms with E-state index in [1.807, 2.05) is 43.3 Å². The Bertz CT molecular complexity index is 518. The van der Waals surface area contributed by atoms with E-state index in [1.165, 1.54) is 0 Å². The van der Waals surface area contributed by atoms with Crippen LogP contribution >= 0.6 is 11.6 Å². The number of aryl methyl sites for hydroxylation is 1. The topological polar surface area (TPSA) is 17.1 Å². The Morgan fingerprint density at radius 1 is 1.06 bits per heavy atom. The molecule has 0 bridgehead atoms. The number of hydrogen-bond donors (Lipinski definition) is 0. The highest BCUT2D eigenvalue weighted by Gasteiger charge is 2.11. The molecule has 0 amide bonds. The van der Waals surface area contributed by atoms with E-state index in [2.05, 4.69) is 0 Å². The van der Waals surface area contributed by atoms with Crippen molar-refractivity contribution in [2.75, 3.05) is 0 Å². The second-order valence-corrected chi connectivity index (χ2v) is 4.09. The second-order valence-electron chi connectivity index (χ2n) is 3.65. The molecule has 2 rings (SSSR count). The lowest BCUT2D eigenvalue weighted by molar-refractivity contribution is 0.103. The van der Waals surface area contributed by atoms with Crippen molar-refractivity contribution < 1.29 is 4.79 Å². The van der Waals surface area contributed by atoms with Gasteiger partial charge in [0.2, 0.25) is 0 Å². The van der Waals surface area contributed by atoms with Crippen molar-refractivity contribution in [1.29, 1.82) is 0 Å². The normalized spacial score (nSPS) is 10.1. The van der Waals surface area contributed by atoms with Crippen LogP contribution in [0.15, 0.2) is 48.5 Å². The van der Waals surface area contributed by atoms with Crippen LogP contribution in [0.2, 0.25) is 5.02 Å². The molecule has 1 nitrogen and oxygen atoms in total. The molecule has 0 aliphatic heterocycles.